The summed E-state index contributed by atoms with van der Waals surface area (Å²) in [5.74, 6) is -0.653. The van der Waals surface area contributed by atoms with Gasteiger partial charge in [0.25, 0.3) is 21.8 Å². The van der Waals surface area contributed by atoms with E-state index in [0.29, 0.717) is 17.7 Å². The molecule has 170 valence electrons. The highest BCUT2D eigenvalue weighted by Gasteiger charge is 2.33. The van der Waals surface area contributed by atoms with Crippen LogP contribution in [0.25, 0.3) is 0 Å². The van der Waals surface area contributed by atoms with Gasteiger partial charge in [0.1, 0.15) is 17.6 Å². The third-order valence-electron chi connectivity index (χ3n) is 5.07. The number of carbonyl (C=O) groups excluding carboxylic acids is 2. The minimum atomic E-state index is -3.72. The highest BCUT2D eigenvalue weighted by molar-refractivity contribution is 7.90. The van der Waals surface area contributed by atoms with Crippen molar-refractivity contribution in [2.75, 3.05) is 6.61 Å². The molecule has 0 aromatic heterocycles. The molecule has 0 saturated carbocycles. The van der Waals surface area contributed by atoms with Crippen LogP contribution in [0.4, 0.5) is 0 Å². The first-order valence-corrected chi connectivity index (χ1v) is 11.7. The summed E-state index contributed by atoms with van der Waals surface area (Å²) in [6, 6.07) is 12.8. The van der Waals surface area contributed by atoms with Gasteiger partial charge in [-0.25, -0.2) is 8.42 Å². The van der Waals surface area contributed by atoms with Crippen LogP contribution < -0.4 is 20.3 Å². The Balaban J connectivity index is 1.67. The van der Waals surface area contributed by atoms with Gasteiger partial charge in [0.15, 0.2) is 6.61 Å². The maximum Gasteiger partial charge on any atom is 0.276 e. The molecule has 1 heterocycles. The summed E-state index contributed by atoms with van der Waals surface area (Å²) in [7, 11) is -3.72. The number of aryl methyl sites for hydroxylation is 1. The molecule has 2 aromatic rings. The predicted molar refractivity (Wildman–Crippen MR) is 120 cm³/mol. The zero-order valence-electron chi connectivity index (χ0n) is 18.1. The van der Waals surface area contributed by atoms with Crippen LogP contribution in [0, 0.1) is 12.8 Å². The fourth-order valence-corrected chi connectivity index (χ4v) is 4.37. The number of nitrogens with zero attached hydrogens (tertiary/aromatic N) is 1. The zero-order chi connectivity index (χ0) is 23.3. The minimum absolute atomic E-state index is 0.107. The molecule has 0 saturated heterocycles. The van der Waals surface area contributed by atoms with Gasteiger partial charge in [0.2, 0.25) is 0 Å². The summed E-state index contributed by atoms with van der Waals surface area (Å²) in [6.07, 6.45) is 0.619. The quantitative estimate of drug-likeness (QED) is 0.544. The molecule has 1 aliphatic heterocycles. The largest absolute Gasteiger partial charge is 0.484 e. The van der Waals surface area contributed by atoms with E-state index in [1.54, 1.807) is 30.3 Å². The number of aliphatic imine (C=N–C) groups is 1. The van der Waals surface area contributed by atoms with Crippen LogP contribution in [0.1, 0.15) is 31.4 Å². The number of benzene rings is 2. The number of amidine groups is 1. The number of amides is 2. The Bertz CT molecular complexity index is 1150. The molecule has 1 aliphatic rings. The van der Waals surface area contributed by atoms with E-state index in [9.17, 15) is 18.0 Å². The lowest BCUT2D eigenvalue weighted by Crippen LogP contribution is -2.49. The van der Waals surface area contributed by atoms with E-state index in [1.165, 1.54) is 6.07 Å². The van der Waals surface area contributed by atoms with Crippen molar-refractivity contribution in [2.24, 2.45) is 10.9 Å². The molecule has 10 heteroatoms. The second-order valence-corrected chi connectivity index (χ2v) is 9.20. The SMILES string of the molecule is CC[C@H](C)[C@H](N=C1NS(=O)(=O)c2ccccc21)C(=O)NNC(=O)COc1cccc(C)c1. The van der Waals surface area contributed by atoms with Gasteiger partial charge in [-0.15, -0.1) is 0 Å². The van der Waals surface area contributed by atoms with E-state index >= 15 is 0 Å². The zero-order valence-corrected chi connectivity index (χ0v) is 18.9. The topological polar surface area (TPSA) is 126 Å². The van der Waals surface area contributed by atoms with Crippen LogP contribution in [0.3, 0.4) is 0 Å². The van der Waals surface area contributed by atoms with Crippen LogP contribution in [-0.2, 0) is 19.6 Å². The third kappa shape index (κ3) is 5.44. The lowest BCUT2D eigenvalue weighted by Gasteiger charge is -2.19. The van der Waals surface area contributed by atoms with Gasteiger partial charge in [-0.1, -0.05) is 44.5 Å². The molecule has 0 aliphatic carbocycles. The van der Waals surface area contributed by atoms with Crippen molar-refractivity contribution in [2.45, 2.75) is 38.1 Å². The molecule has 0 fully saturated rings. The van der Waals surface area contributed by atoms with Gasteiger partial charge in [-0.05, 0) is 42.7 Å². The van der Waals surface area contributed by atoms with Gasteiger partial charge >= 0.3 is 0 Å². The second kappa shape index (κ2) is 9.82. The number of fused-ring (bicyclic) bond motifs is 1. The molecule has 0 radical (unpaired) electrons. The van der Waals surface area contributed by atoms with E-state index in [0.717, 1.165) is 5.56 Å². The molecular weight excluding hydrogens is 432 g/mol. The number of hydrazine groups is 1. The first kappa shape index (κ1) is 23.3. The van der Waals surface area contributed by atoms with Gasteiger partial charge in [0, 0.05) is 5.56 Å². The molecule has 0 unspecified atom stereocenters. The van der Waals surface area contributed by atoms with Crippen LogP contribution in [0.5, 0.6) is 5.75 Å². The fourth-order valence-electron chi connectivity index (χ4n) is 3.13. The number of carbonyl (C=O) groups is 2. The third-order valence-corrected chi connectivity index (χ3v) is 6.46. The Hall–Kier alpha value is -3.40. The van der Waals surface area contributed by atoms with E-state index in [1.807, 2.05) is 32.9 Å². The Morgan fingerprint density at radius 2 is 1.88 bits per heavy atom. The predicted octanol–water partition coefficient (Wildman–Crippen LogP) is 1.67. The summed E-state index contributed by atoms with van der Waals surface area (Å²) in [5, 5.41) is 0. The Labute approximate surface area is 187 Å². The van der Waals surface area contributed by atoms with E-state index in [4.69, 9.17) is 4.74 Å². The Morgan fingerprint density at radius 3 is 2.59 bits per heavy atom. The normalized spacial score (nSPS) is 17.0. The van der Waals surface area contributed by atoms with Crippen LogP contribution >= 0.6 is 0 Å². The Morgan fingerprint density at radius 1 is 1.12 bits per heavy atom. The highest BCUT2D eigenvalue weighted by atomic mass is 32.2. The van der Waals surface area contributed by atoms with Crippen molar-refractivity contribution in [3.05, 3.63) is 59.7 Å². The summed E-state index contributed by atoms with van der Waals surface area (Å²) < 4.78 is 32.4. The monoisotopic (exact) mass is 458 g/mol. The molecule has 9 nitrogen and oxygen atoms in total. The van der Waals surface area contributed by atoms with E-state index in [2.05, 4.69) is 20.6 Å². The molecule has 0 bridgehead atoms. The maximum atomic E-state index is 12.8. The van der Waals surface area contributed by atoms with Crippen LogP contribution in [0.15, 0.2) is 58.4 Å². The van der Waals surface area contributed by atoms with Crippen molar-refractivity contribution in [3.8, 4) is 5.75 Å². The van der Waals surface area contributed by atoms with Gasteiger partial charge in [-0.3, -0.25) is 30.2 Å². The lowest BCUT2D eigenvalue weighted by atomic mass is 9.99. The molecular formula is C22H26N4O5S. The molecule has 32 heavy (non-hydrogen) atoms. The summed E-state index contributed by atoms with van der Waals surface area (Å²) in [6.45, 7) is 5.35. The number of ether oxygens (including phenoxy) is 1. The minimum Gasteiger partial charge on any atom is -0.484 e. The smallest absolute Gasteiger partial charge is 0.276 e. The van der Waals surface area contributed by atoms with Crippen molar-refractivity contribution in [1.82, 2.24) is 15.6 Å². The van der Waals surface area contributed by atoms with Crippen LogP contribution in [-0.4, -0.2) is 38.7 Å². The van der Waals surface area contributed by atoms with Crippen molar-refractivity contribution >= 4 is 27.7 Å². The lowest BCUT2D eigenvalue weighted by molar-refractivity contribution is -0.131. The first-order valence-electron chi connectivity index (χ1n) is 10.2. The number of hydrogen-bond donors (Lipinski definition) is 3. The number of sulfonamides is 1. The average molecular weight is 459 g/mol. The van der Waals surface area contributed by atoms with E-state index in [-0.39, 0.29) is 23.3 Å². The average Bonchev–Trinajstić information content (AvgIpc) is 3.04. The molecule has 2 amide bonds. The molecule has 3 rings (SSSR count). The van der Waals surface area contributed by atoms with Crippen molar-refractivity contribution in [3.63, 3.8) is 0 Å². The number of hydrogen-bond acceptors (Lipinski definition) is 6. The van der Waals surface area contributed by atoms with Gasteiger partial charge in [0.05, 0.1) is 4.90 Å². The summed E-state index contributed by atoms with van der Waals surface area (Å²) in [5.41, 5.74) is 6.08. The molecule has 2 aromatic carbocycles. The summed E-state index contributed by atoms with van der Waals surface area (Å²) >= 11 is 0. The van der Waals surface area contributed by atoms with Gasteiger partial charge < -0.3 is 4.74 Å². The standard InChI is InChI=1S/C22H26N4O5S/c1-4-15(3)20(23-21-17-10-5-6-11-18(17)32(29,30)26-21)22(28)25-24-19(27)13-31-16-9-7-8-14(2)12-16/h5-12,15,20H,4,13H2,1-3H3,(H,23,26)(H,24,27)(H,25,28)/t15-,20-/m0/s1. The second-order valence-electron chi connectivity index (χ2n) is 7.55. The summed E-state index contributed by atoms with van der Waals surface area (Å²) in [4.78, 5) is 29.4. The van der Waals surface area contributed by atoms with Crippen LogP contribution in [0.2, 0.25) is 0 Å². The molecule has 3 N–H and O–H groups in total. The highest BCUT2D eigenvalue weighted by Crippen LogP contribution is 2.24. The van der Waals surface area contributed by atoms with Gasteiger partial charge in [-0.2, -0.15) is 0 Å². The first-order chi connectivity index (χ1) is 15.2. The number of nitrogens with one attached hydrogen (secondary N) is 3. The fraction of sp³-hybridized carbons (Fsp3) is 0.318. The van der Waals surface area contributed by atoms with Crippen molar-refractivity contribution < 1.29 is 22.7 Å². The number of rotatable bonds is 7. The molecule has 0 spiro atoms. The Kier molecular flexibility index (Phi) is 7.14. The maximum absolute atomic E-state index is 12.8. The molecule has 2 atom stereocenters. The van der Waals surface area contributed by atoms with Crippen molar-refractivity contribution in [1.29, 1.82) is 0 Å². The van der Waals surface area contributed by atoms with E-state index < -0.39 is 27.9 Å².